The molecule has 4 rings (SSSR count). The Kier molecular flexibility index (Phi) is 8.06. The third kappa shape index (κ3) is 5.77. The van der Waals surface area contributed by atoms with Crippen LogP contribution in [-0.2, 0) is 9.47 Å². The lowest BCUT2D eigenvalue weighted by molar-refractivity contribution is 0.0510. The van der Waals surface area contributed by atoms with Crippen LogP contribution in [-0.4, -0.2) is 33.9 Å². The van der Waals surface area contributed by atoms with Crippen LogP contribution in [0.25, 0.3) is 11.2 Å². The number of rotatable bonds is 6. The highest BCUT2D eigenvalue weighted by Crippen LogP contribution is 2.27. The number of nitrogens with zero attached hydrogens (tertiary/aromatic N) is 3. The zero-order valence-corrected chi connectivity index (χ0v) is 19.8. The molecule has 0 spiro atoms. The molecule has 0 saturated carbocycles. The summed E-state index contributed by atoms with van der Waals surface area (Å²) in [4.78, 5) is 4.64. The quantitative estimate of drug-likeness (QED) is 0.598. The molecule has 0 saturated heterocycles. The van der Waals surface area contributed by atoms with E-state index < -0.39 is 5.60 Å². The van der Waals surface area contributed by atoms with E-state index in [-0.39, 0.29) is 0 Å². The van der Waals surface area contributed by atoms with Crippen molar-refractivity contribution in [2.75, 3.05) is 19.0 Å². The highest BCUT2D eigenvalue weighted by atomic mass is 16.5. The number of methoxy groups -OCH3 is 1. The summed E-state index contributed by atoms with van der Waals surface area (Å²) in [5.74, 6) is 1.56. The van der Waals surface area contributed by atoms with Gasteiger partial charge in [-0.1, -0.05) is 38.5 Å². The summed E-state index contributed by atoms with van der Waals surface area (Å²) in [6.45, 7) is 8.94. The normalized spacial score (nSPS) is 20.0. The van der Waals surface area contributed by atoms with Crippen molar-refractivity contribution >= 4 is 17.2 Å². The SMILES string of the molecule is CCC.CCOC1(C)C=CC=C(Nc2nc3cccc(C4=CC=C(OC)CC4)n3n2)C=C1. The Morgan fingerprint density at radius 1 is 1.09 bits per heavy atom. The molecule has 2 aromatic heterocycles. The molecule has 0 aliphatic heterocycles. The summed E-state index contributed by atoms with van der Waals surface area (Å²) in [5, 5.41) is 8.01. The molecule has 1 N–H and O–H groups in total. The van der Waals surface area contributed by atoms with Gasteiger partial charge in [0, 0.05) is 18.7 Å². The van der Waals surface area contributed by atoms with Crippen molar-refractivity contribution in [1.82, 2.24) is 14.6 Å². The van der Waals surface area contributed by atoms with Crippen molar-refractivity contribution in [2.45, 2.75) is 52.6 Å². The standard InChI is InChI=1S/C23H26N4O2.C3H8/c1-4-29-23(2)15-6-7-18(14-16-23)24-22-25-21-9-5-8-20(27(21)26-22)17-10-12-19(28-3)13-11-17;1-3-2/h5-10,12,14-16H,4,11,13H2,1-3H3,(H,24,26);3H2,1-2H3. The molecule has 2 aliphatic rings. The van der Waals surface area contributed by atoms with E-state index in [0.717, 1.165) is 35.6 Å². The minimum Gasteiger partial charge on any atom is -0.501 e. The van der Waals surface area contributed by atoms with Gasteiger partial charge in [-0.15, -0.1) is 5.10 Å². The molecule has 2 aliphatic carbocycles. The van der Waals surface area contributed by atoms with Crippen LogP contribution in [0.5, 0.6) is 0 Å². The molecular weight excluding hydrogens is 400 g/mol. The topological polar surface area (TPSA) is 60.7 Å². The van der Waals surface area contributed by atoms with Crippen molar-refractivity contribution in [2.24, 2.45) is 0 Å². The van der Waals surface area contributed by atoms with Gasteiger partial charge in [0.15, 0.2) is 5.65 Å². The van der Waals surface area contributed by atoms with Gasteiger partial charge >= 0.3 is 0 Å². The van der Waals surface area contributed by atoms with Gasteiger partial charge in [-0.2, -0.15) is 4.98 Å². The Hall–Kier alpha value is -3.12. The first-order chi connectivity index (χ1) is 15.5. The molecule has 1 atom stereocenters. The fourth-order valence-corrected chi connectivity index (χ4v) is 3.53. The molecule has 0 radical (unpaired) electrons. The Bertz CT molecular complexity index is 1070. The van der Waals surface area contributed by atoms with E-state index in [4.69, 9.17) is 14.6 Å². The molecule has 0 aromatic carbocycles. The van der Waals surface area contributed by atoms with Crippen LogP contribution in [0.15, 0.2) is 72.2 Å². The molecule has 6 nitrogen and oxygen atoms in total. The summed E-state index contributed by atoms with van der Waals surface area (Å²) < 4.78 is 13.0. The first-order valence-electron chi connectivity index (χ1n) is 11.3. The second-order valence-electron chi connectivity index (χ2n) is 7.91. The lowest BCUT2D eigenvalue weighted by Gasteiger charge is -2.21. The minimum atomic E-state index is -0.407. The second kappa shape index (κ2) is 11.0. The lowest BCUT2D eigenvalue weighted by atomic mass is 10.0. The van der Waals surface area contributed by atoms with E-state index in [0.29, 0.717) is 12.6 Å². The van der Waals surface area contributed by atoms with Gasteiger partial charge in [-0.05, 0) is 68.4 Å². The van der Waals surface area contributed by atoms with E-state index >= 15 is 0 Å². The van der Waals surface area contributed by atoms with E-state index in [1.165, 1.54) is 12.0 Å². The lowest BCUT2D eigenvalue weighted by Crippen LogP contribution is -2.22. The number of ether oxygens (including phenoxy) is 2. The molecule has 2 heterocycles. The Morgan fingerprint density at radius 2 is 1.91 bits per heavy atom. The fourth-order valence-electron chi connectivity index (χ4n) is 3.53. The van der Waals surface area contributed by atoms with Crippen molar-refractivity contribution in [1.29, 1.82) is 0 Å². The van der Waals surface area contributed by atoms with Crippen molar-refractivity contribution in [3.05, 3.63) is 77.9 Å². The number of hydrogen-bond acceptors (Lipinski definition) is 5. The predicted molar refractivity (Wildman–Crippen MR) is 131 cm³/mol. The molecule has 1 unspecified atom stereocenters. The largest absolute Gasteiger partial charge is 0.501 e. The average Bonchev–Trinajstić information content (AvgIpc) is 3.12. The maximum Gasteiger partial charge on any atom is 0.247 e. The summed E-state index contributed by atoms with van der Waals surface area (Å²) in [6.07, 6.45) is 17.2. The number of aromatic nitrogens is 3. The summed E-state index contributed by atoms with van der Waals surface area (Å²) in [5.41, 5.74) is 3.57. The van der Waals surface area contributed by atoms with Crippen LogP contribution in [0.2, 0.25) is 0 Å². The number of pyridine rings is 1. The summed E-state index contributed by atoms with van der Waals surface area (Å²) >= 11 is 0. The van der Waals surface area contributed by atoms with E-state index in [1.807, 2.05) is 67.0 Å². The third-order valence-corrected chi connectivity index (χ3v) is 5.07. The van der Waals surface area contributed by atoms with E-state index in [2.05, 4.69) is 36.3 Å². The molecule has 32 heavy (non-hydrogen) atoms. The molecule has 0 amide bonds. The second-order valence-corrected chi connectivity index (χ2v) is 7.91. The van der Waals surface area contributed by atoms with E-state index in [1.54, 1.807) is 7.11 Å². The minimum absolute atomic E-state index is 0.407. The fraction of sp³-hybridized carbons (Fsp3) is 0.385. The number of fused-ring (bicyclic) bond motifs is 1. The highest BCUT2D eigenvalue weighted by Gasteiger charge is 2.18. The zero-order valence-electron chi connectivity index (χ0n) is 19.8. The van der Waals surface area contributed by atoms with Gasteiger partial charge in [0.2, 0.25) is 5.95 Å². The van der Waals surface area contributed by atoms with Gasteiger partial charge in [-0.3, -0.25) is 0 Å². The first kappa shape index (κ1) is 23.5. The number of allylic oxidation sites excluding steroid dienone is 7. The summed E-state index contributed by atoms with van der Waals surface area (Å²) in [6, 6.07) is 6.05. The smallest absolute Gasteiger partial charge is 0.247 e. The molecular formula is C26H34N4O2. The number of anilines is 1. The molecule has 0 bridgehead atoms. The van der Waals surface area contributed by atoms with Gasteiger partial charge < -0.3 is 14.8 Å². The maximum atomic E-state index is 5.81. The van der Waals surface area contributed by atoms with Crippen molar-refractivity contribution < 1.29 is 9.47 Å². The Morgan fingerprint density at radius 3 is 2.59 bits per heavy atom. The molecule has 0 fully saturated rings. The highest BCUT2D eigenvalue weighted by molar-refractivity contribution is 5.68. The average molecular weight is 435 g/mol. The molecule has 6 heteroatoms. The van der Waals surface area contributed by atoms with Crippen LogP contribution >= 0.6 is 0 Å². The van der Waals surface area contributed by atoms with Crippen LogP contribution in [0, 0.1) is 0 Å². The number of nitrogens with one attached hydrogen (secondary N) is 1. The van der Waals surface area contributed by atoms with Crippen LogP contribution in [0.3, 0.4) is 0 Å². The van der Waals surface area contributed by atoms with Crippen molar-refractivity contribution in [3.8, 4) is 0 Å². The van der Waals surface area contributed by atoms with Crippen LogP contribution in [0.4, 0.5) is 5.95 Å². The van der Waals surface area contributed by atoms with Gasteiger partial charge in [0.25, 0.3) is 0 Å². The monoisotopic (exact) mass is 434 g/mol. The maximum absolute atomic E-state index is 5.81. The summed E-state index contributed by atoms with van der Waals surface area (Å²) in [7, 11) is 1.71. The van der Waals surface area contributed by atoms with Crippen molar-refractivity contribution in [3.63, 3.8) is 0 Å². The number of hydrogen-bond donors (Lipinski definition) is 1. The Balaban J connectivity index is 0.000000913. The van der Waals surface area contributed by atoms with Crippen LogP contribution < -0.4 is 5.32 Å². The first-order valence-corrected chi connectivity index (χ1v) is 11.3. The van der Waals surface area contributed by atoms with Gasteiger partial charge in [0.05, 0.1) is 18.6 Å². The third-order valence-electron chi connectivity index (χ3n) is 5.07. The molecule has 170 valence electrons. The van der Waals surface area contributed by atoms with Crippen LogP contribution in [0.1, 0.15) is 52.7 Å². The zero-order chi connectivity index (χ0) is 23.0. The van der Waals surface area contributed by atoms with Gasteiger partial charge in [-0.25, -0.2) is 4.52 Å². The Labute approximate surface area is 191 Å². The molecule has 2 aromatic rings. The predicted octanol–water partition coefficient (Wildman–Crippen LogP) is 6.07. The van der Waals surface area contributed by atoms with Gasteiger partial charge in [0.1, 0.15) is 5.60 Å². The van der Waals surface area contributed by atoms with E-state index in [9.17, 15) is 0 Å².